The summed E-state index contributed by atoms with van der Waals surface area (Å²) in [6.45, 7) is 7.52. The molecule has 0 spiro atoms. The van der Waals surface area contributed by atoms with Crippen LogP contribution in [0.3, 0.4) is 0 Å². The molecule has 0 amide bonds. The van der Waals surface area contributed by atoms with E-state index in [1.807, 2.05) is 36.4 Å². The van der Waals surface area contributed by atoms with Gasteiger partial charge in [-0.3, -0.25) is 0 Å². The molecule has 126 valence electrons. The van der Waals surface area contributed by atoms with E-state index in [0.717, 1.165) is 29.7 Å². The summed E-state index contributed by atoms with van der Waals surface area (Å²) in [6.07, 6.45) is -0.473. The van der Waals surface area contributed by atoms with Crippen LogP contribution in [0.5, 0.6) is 0 Å². The van der Waals surface area contributed by atoms with Crippen molar-refractivity contribution < 1.29 is 26.6 Å². The van der Waals surface area contributed by atoms with Crippen LogP contribution in [0, 0.1) is 0 Å². The van der Waals surface area contributed by atoms with E-state index in [-0.39, 0.29) is 22.9 Å². The van der Waals surface area contributed by atoms with Gasteiger partial charge in [0, 0.05) is 0 Å². The van der Waals surface area contributed by atoms with Gasteiger partial charge in [-0.05, 0) is 25.0 Å². The van der Waals surface area contributed by atoms with Gasteiger partial charge in [-0.2, -0.15) is 0 Å². The largest absolute Gasteiger partial charge is 1.00 e. The first-order valence-electron chi connectivity index (χ1n) is 8.21. The Bertz CT molecular complexity index is 554. The van der Waals surface area contributed by atoms with Gasteiger partial charge in [0.15, 0.2) is 0 Å². The van der Waals surface area contributed by atoms with Crippen LogP contribution in [0.2, 0.25) is 0 Å². The van der Waals surface area contributed by atoms with Crippen LogP contribution < -0.4 is 17.0 Å². The Morgan fingerprint density at radius 1 is 0.826 bits per heavy atom. The predicted octanol–water partition coefficient (Wildman–Crippen LogP) is 0.994. The fourth-order valence-electron chi connectivity index (χ4n) is 2.93. The Kier molecular flexibility index (Phi) is 7.97. The molecule has 2 aromatic carbocycles. The van der Waals surface area contributed by atoms with Crippen LogP contribution in [-0.2, 0) is 0 Å². The number of hydrogen-bond donors (Lipinski definition) is 1. The first-order chi connectivity index (χ1) is 10.6. The van der Waals surface area contributed by atoms with Gasteiger partial charge < -0.3 is 26.6 Å². The number of benzene rings is 2. The lowest BCUT2D eigenvalue weighted by Gasteiger charge is -2.37. The highest BCUT2D eigenvalue weighted by Crippen LogP contribution is 2.33. The number of quaternary nitrogens is 1. The molecule has 0 saturated heterocycles. The van der Waals surface area contributed by atoms with Gasteiger partial charge >= 0.3 is 0 Å². The Morgan fingerprint density at radius 2 is 1.26 bits per heavy atom. The Hall–Kier alpha value is -1.16. The second-order valence-electron chi connectivity index (χ2n) is 6.31. The van der Waals surface area contributed by atoms with Gasteiger partial charge in [0.25, 0.3) is 0 Å². The minimum atomic E-state index is -0.473. The van der Waals surface area contributed by atoms with E-state index >= 15 is 0 Å². The average molecular weight is 378 g/mol. The van der Waals surface area contributed by atoms with Crippen molar-refractivity contribution in [3.05, 3.63) is 71.8 Å². The number of hydrogen-bond acceptors (Lipinski definition) is 1. The number of aliphatic hydroxyl groups is 1. The SMILES string of the molecule is CC[N+](C)(CC)CC(c1ccccc1)C(O)c1ccccc1.[Br-]. The van der Waals surface area contributed by atoms with Crippen LogP contribution in [0.15, 0.2) is 60.7 Å². The number of nitrogens with zero attached hydrogens (tertiary/aromatic N) is 1. The lowest BCUT2D eigenvalue weighted by Crippen LogP contribution is -3.00. The highest BCUT2D eigenvalue weighted by molar-refractivity contribution is 5.26. The van der Waals surface area contributed by atoms with Crippen molar-refractivity contribution in [2.45, 2.75) is 25.9 Å². The molecule has 0 radical (unpaired) electrons. The van der Waals surface area contributed by atoms with Gasteiger partial charge in [-0.15, -0.1) is 0 Å². The molecule has 2 unspecified atom stereocenters. The van der Waals surface area contributed by atoms with Crippen LogP contribution >= 0.6 is 0 Å². The molecule has 0 aliphatic carbocycles. The summed E-state index contributed by atoms with van der Waals surface area (Å²) in [6, 6.07) is 20.4. The highest BCUT2D eigenvalue weighted by atomic mass is 79.9. The summed E-state index contributed by atoms with van der Waals surface area (Å²) in [4.78, 5) is 0. The zero-order valence-corrected chi connectivity index (χ0v) is 15.9. The smallest absolute Gasteiger partial charge is 0.0912 e. The summed E-state index contributed by atoms with van der Waals surface area (Å²) in [7, 11) is 2.27. The lowest BCUT2D eigenvalue weighted by molar-refractivity contribution is -0.908. The summed E-state index contributed by atoms with van der Waals surface area (Å²) < 4.78 is 0.962. The van der Waals surface area contributed by atoms with Gasteiger partial charge in [-0.1, -0.05) is 60.7 Å². The van der Waals surface area contributed by atoms with E-state index < -0.39 is 6.10 Å². The summed E-state index contributed by atoms with van der Waals surface area (Å²) in [5, 5.41) is 11.0. The van der Waals surface area contributed by atoms with Gasteiger partial charge in [0.1, 0.15) is 0 Å². The third-order valence-electron chi connectivity index (χ3n) is 4.91. The van der Waals surface area contributed by atoms with Crippen molar-refractivity contribution in [3.63, 3.8) is 0 Å². The molecule has 0 heterocycles. The van der Waals surface area contributed by atoms with E-state index in [1.165, 1.54) is 5.56 Å². The normalized spacial score (nSPS) is 13.9. The molecule has 0 aliphatic rings. The van der Waals surface area contributed by atoms with Gasteiger partial charge in [-0.25, -0.2) is 0 Å². The summed E-state index contributed by atoms with van der Waals surface area (Å²) >= 11 is 0. The Morgan fingerprint density at radius 3 is 1.70 bits per heavy atom. The molecule has 0 aromatic heterocycles. The van der Waals surface area contributed by atoms with Gasteiger partial charge in [0.05, 0.1) is 38.7 Å². The molecular formula is C20H28BrNO. The van der Waals surface area contributed by atoms with E-state index in [1.54, 1.807) is 0 Å². The second kappa shape index (κ2) is 9.21. The maximum absolute atomic E-state index is 11.0. The van der Waals surface area contributed by atoms with Crippen molar-refractivity contribution in [3.8, 4) is 0 Å². The topological polar surface area (TPSA) is 20.2 Å². The molecule has 0 fully saturated rings. The minimum Gasteiger partial charge on any atom is -1.00 e. The fourth-order valence-corrected chi connectivity index (χ4v) is 2.93. The highest BCUT2D eigenvalue weighted by Gasteiger charge is 2.30. The number of halogens is 1. The number of likely N-dealkylation sites (N-methyl/N-ethyl adjacent to an activating group) is 1. The molecule has 0 bridgehead atoms. The first-order valence-corrected chi connectivity index (χ1v) is 8.21. The number of aliphatic hydroxyl groups excluding tert-OH is 1. The lowest BCUT2D eigenvalue weighted by atomic mass is 9.88. The summed E-state index contributed by atoms with van der Waals surface area (Å²) in [5.41, 5.74) is 2.21. The van der Waals surface area contributed by atoms with Crippen molar-refractivity contribution >= 4 is 0 Å². The fraction of sp³-hybridized carbons (Fsp3) is 0.400. The van der Waals surface area contributed by atoms with Crippen LogP contribution in [-0.4, -0.2) is 36.3 Å². The van der Waals surface area contributed by atoms with Crippen LogP contribution in [0.1, 0.15) is 37.0 Å². The Balaban J connectivity index is 0.00000264. The molecule has 2 aromatic rings. The standard InChI is InChI=1S/C20H28NO.BrH/c1-4-21(3,5-2)16-19(17-12-8-6-9-13-17)20(22)18-14-10-7-11-15-18;/h6-15,19-20,22H,4-5,16H2,1-3H3;1H/q+1;/p-1. The monoisotopic (exact) mass is 377 g/mol. The average Bonchev–Trinajstić information content (AvgIpc) is 2.60. The van der Waals surface area contributed by atoms with Crippen molar-refractivity contribution in [1.82, 2.24) is 0 Å². The van der Waals surface area contributed by atoms with E-state index in [2.05, 4.69) is 45.2 Å². The van der Waals surface area contributed by atoms with Crippen molar-refractivity contribution in [2.75, 3.05) is 26.7 Å². The molecule has 23 heavy (non-hydrogen) atoms. The third kappa shape index (κ3) is 5.17. The summed E-state index contributed by atoms with van der Waals surface area (Å²) in [5.74, 6) is 0.105. The van der Waals surface area contributed by atoms with Gasteiger partial charge in [0.2, 0.25) is 0 Å². The Labute approximate surface area is 151 Å². The van der Waals surface area contributed by atoms with Crippen LogP contribution in [0.4, 0.5) is 0 Å². The number of rotatable bonds is 7. The maximum Gasteiger partial charge on any atom is 0.0912 e. The molecule has 1 N–H and O–H groups in total. The molecule has 3 heteroatoms. The van der Waals surface area contributed by atoms with Crippen molar-refractivity contribution in [2.24, 2.45) is 0 Å². The zero-order valence-electron chi connectivity index (χ0n) is 14.3. The molecule has 0 saturated carbocycles. The van der Waals surface area contributed by atoms with E-state index in [9.17, 15) is 5.11 Å². The molecular weight excluding hydrogens is 350 g/mol. The second-order valence-corrected chi connectivity index (χ2v) is 6.31. The van der Waals surface area contributed by atoms with Crippen LogP contribution in [0.25, 0.3) is 0 Å². The first kappa shape index (κ1) is 19.9. The minimum absolute atomic E-state index is 0. The molecule has 2 atom stereocenters. The molecule has 2 rings (SSSR count). The molecule has 2 nitrogen and oxygen atoms in total. The maximum atomic E-state index is 11.0. The van der Waals surface area contributed by atoms with E-state index in [0.29, 0.717) is 0 Å². The quantitative estimate of drug-likeness (QED) is 0.713. The zero-order chi connectivity index (χ0) is 16.0. The predicted molar refractivity (Wildman–Crippen MR) is 92.7 cm³/mol. The third-order valence-corrected chi connectivity index (χ3v) is 4.91. The van der Waals surface area contributed by atoms with E-state index in [4.69, 9.17) is 0 Å². The molecule has 0 aliphatic heterocycles. The van der Waals surface area contributed by atoms with Crippen molar-refractivity contribution in [1.29, 1.82) is 0 Å².